The minimum Gasteiger partial charge on any atom is -0.502 e. The van der Waals surface area contributed by atoms with E-state index in [-0.39, 0.29) is 37.8 Å². The van der Waals surface area contributed by atoms with Crippen molar-refractivity contribution in [2.24, 2.45) is 17.2 Å². The third-order valence-electron chi connectivity index (χ3n) is 9.25. The molecule has 0 saturated carbocycles. The molecule has 16 N–H and O–H groups in total. The Morgan fingerprint density at radius 2 is 1.23 bits per heavy atom. The number of hydrogen-bond donors (Lipinski definition) is 13. The summed E-state index contributed by atoms with van der Waals surface area (Å²) in [5.41, 5.74) is 16.2. The highest BCUT2D eigenvalue weighted by molar-refractivity contribution is 5.96. The van der Waals surface area contributed by atoms with Crippen LogP contribution in [0.5, 0.6) is 5.75 Å². The molecule has 1 heterocycles. The fraction of sp³-hybridized carbons (Fsp3) is 0.487. The Morgan fingerprint density at radius 3 is 1.82 bits per heavy atom. The molecule has 0 bridgehead atoms. The molecule has 0 saturated heterocycles. The fourth-order valence-corrected chi connectivity index (χ4v) is 5.92. The topological polar surface area (TPSA) is 424 Å². The molecule has 2 rings (SSSR count). The van der Waals surface area contributed by atoms with Gasteiger partial charge in [0.25, 0.3) is 0 Å². The zero-order valence-electron chi connectivity index (χ0n) is 35.6. The fourth-order valence-electron chi connectivity index (χ4n) is 5.92. The number of nitro groups is 1. The van der Waals surface area contributed by atoms with Crippen LogP contribution in [0.1, 0.15) is 50.2 Å². The third-order valence-corrected chi connectivity index (χ3v) is 9.25. The molecule has 0 fully saturated rings. The summed E-state index contributed by atoms with van der Waals surface area (Å²) in [4.78, 5) is 130. The quantitative estimate of drug-likeness (QED) is 0.0206. The second-order valence-corrected chi connectivity index (χ2v) is 14.5. The summed E-state index contributed by atoms with van der Waals surface area (Å²) in [6.45, 7) is -1.22. The highest BCUT2D eigenvalue weighted by atomic mass is 16.6. The van der Waals surface area contributed by atoms with E-state index in [1.54, 1.807) is 12.1 Å². The van der Waals surface area contributed by atoms with Gasteiger partial charge in [0.1, 0.15) is 30.2 Å². The lowest BCUT2D eigenvalue weighted by Crippen LogP contribution is -2.57. The van der Waals surface area contributed by atoms with Crippen molar-refractivity contribution < 1.29 is 58.3 Å². The summed E-state index contributed by atoms with van der Waals surface area (Å²) in [5.74, 6) is -8.31. The number of benzene rings is 1. The van der Waals surface area contributed by atoms with E-state index in [2.05, 4.69) is 47.5 Å². The van der Waals surface area contributed by atoms with Crippen LogP contribution in [0.15, 0.2) is 42.7 Å². The van der Waals surface area contributed by atoms with Gasteiger partial charge in [-0.1, -0.05) is 12.1 Å². The van der Waals surface area contributed by atoms with E-state index in [0.717, 1.165) is 19.1 Å². The molecule has 0 aliphatic rings. The number of rotatable bonds is 29. The van der Waals surface area contributed by atoms with Crippen LogP contribution in [-0.4, -0.2) is 143 Å². The normalized spacial score (nSPS) is 13.0. The number of phenolic OH excluding ortho intramolecular Hbond substituents is 1. The molecule has 65 heavy (non-hydrogen) atoms. The average Bonchev–Trinajstić information content (AvgIpc) is 3.26. The molecule has 26 heteroatoms. The molecule has 1 aromatic heterocycles. The van der Waals surface area contributed by atoms with Gasteiger partial charge in [0.15, 0.2) is 5.75 Å². The van der Waals surface area contributed by atoms with Crippen molar-refractivity contribution >= 4 is 58.9 Å². The zero-order chi connectivity index (χ0) is 48.5. The number of nitrogens with one attached hydrogen (secondary N) is 8. The largest absolute Gasteiger partial charge is 0.502 e. The van der Waals surface area contributed by atoms with Crippen LogP contribution in [0.2, 0.25) is 0 Å². The predicted molar refractivity (Wildman–Crippen MR) is 228 cm³/mol. The second-order valence-electron chi connectivity index (χ2n) is 14.5. The minimum atomic E-state index is -1.59. The summed E-state index contributed by atoms with van der Waals surface area (Å²) in [5, 5.41) is 50.0. The smallest absolute Gasteiger partial charge is 0.310 e. The van der Waals surface area contributed by atoms with E-state index < -0.39 is 132 Å². The summed E-state index contributed by atoms with van der Waals surface area (Å²) >= 11 is 0. The number of hydrogen-bond acceptors (Lipinski definition) is 16. The highest BCUT2D eigenvalue weighted by Gasteiger charge is 2.30. The highest BCUT2D eigenvalue weighted by Crippen LogP contribution is 2.27. The van der Waals surface area contributed by atoms with Gasteiger partial charge in [-0.15, -0.1) is 0 Å². The zero-order valence-corrected chi connectivity index (χ0v) is 35.6. The first-order valence-electron chi connectivity index (χ1n) is 20.3. The molecule has 0 radical (unpaired) electrons. The van der Waals surface area contributed by atoms with Gasteiger partial charge in [-0.3, -0.25) is 58.2 Å². The number of carbonyl (C=O) groups is 9. The van der Waals surface area contributed by atoms with Crippen molar-refractivity contribution in [1.29, 1.82) is 0 Å². The molecule has 0 spiro atoms. The van der Waals surface area contributed by atoms with E-state index in [9.17, 15) is 63.5 Å². The van der Waals surface area contributed by atoms with Crippen LogP contribution < -0.4 is 59.7 Å². The van der Waals surface area contributed by atoms with Crippen molar-refractivity contribution in [3.8, 4) is 5.75 Å². The molecular formula is C39H57N13O13. The SMILES string of the molecule is CC(=O)N[C@@H](CO)C(=O)N[C@@H](CCCN)C(=O)NCC(=O)N[C@@H](Cc1cccnc1)C(=O)N[C@@H](Cc1ccc(O)c([N+](=O)[O-])c1)C(=O)NCC(=O)NCC(=O)N[C@@H](CCCCN)C(N)=O. The lowest BCUT2D eigenvalue weighted by molar-refractivity contribution is -0.385. The molecule has 26 nitrogen and oxygen atoms in total. The third kappa shape index (κ3) is 20.2. The lowest BCUT2D eigenvalue weighted by Gasteiger charge is -2.24. The van der Waals surface area contributed by atoms with E-state index >= 15 is 0 Å². The van der Waals surface area contributed by atoms with Crippen LogP contribution in [0, 0.1) is 10.1 Å². The first-order valence-corrected chi connectivity index (χ1v) is 20.3. The van der Waals surface area contributed by atoms with Gasteiger partial charge < -0.3 is 69.9 Å². The first-order chi connectivity index (χ1) is 30.9. The number of amides is 9. The van der Waals surface area contributed by atoms with Gasteiger partial charge in [0.2, 0.25) is 53.2 Å². The van der Waals surface area contributed by atoms with Gasteiger partial charge >= 0.3 is 5.69 Å². The molecule has 0 unspecified atom stereocenters. The monoisotopic (exact) mass is 915 g/mol. The standard InChI is InChI=1S/C39H57N13O13/c1-22(54)47-29(21-53)39(63)50-26(8-4-12-41)36(60)46-20-34(58)49-28(15-24-6-5-13-43-17-24)38(62)51-27(14-23-9-10-31(55)30(16-23)52(64)65)37(61)45-18-32(56)44-19-33(57)48-25(35(42)59)7-2-3-11-40/h5-6,9-10,13,16-17,25-29,53,55H,2-4,7-8,11-12,14-15,18-21,40-41H2,1H3,(H2,42,59)(H,44,56)(H,45,61)(H,46,60)(H,47,54)(H,48,57)(H,49,58)(H,50,63)(H,51,62)/t25-,26-,27-,28-,29-/m0/s1. The van der Waals surface area contributed by atoms with Crippen LogP contribution in [0.4, 0.5) is 5.69 Å². The van der Waals surface area contributed by atoms with Gasteiger partial charge in [-0.05, 0) is 68.5 Å². The maximum atomic E-state index is 14.0. The second kappa shape index (κ2) is 28.4. The van der Waals surface area contributed by atoms with E-state index in [1.165, 1.54) is 18.5 Å². The number of nitro benzene ring substituents is 1. The number of carbonyl (C=O) groups excluding carboxylic acids is 9. The van der Waals surface area contributed by atoms with Crippen LogP contribution in [0.25, 0.3) is 0 Å². The number of aromatic nitrogens is 1. The number of aliphatic hydroxyl groups is 1. The number of pyridine rings is 1. The Kier molecular flexibility index (Phi) is 23.5. The Morgan fingerprint density at radius 1 is 0.677 bits per heavy atom. The van der Waals surface area contributed by atoms with Gasteiger partial charge in [-0.25, -0.2) is 0 Å². The number of aromatic hydroxyl groups is 1. The summed E-state index contributed by atoms with van der Waals surface area (Å²) in [6, 6.07) is -0.343. The van der Waals surface area contributed by atoms with Gasteiger partial charge in [0.05, 0.1) is 31.2 Å². The molecule has 5 atom stereocenters. The van der Waals surface area contributed by atoms with Crippen molar-refractivity contribution in [3.63, 3.8) is 0 Å². The van der Waals surface area contributed by atoms with E-state index in [0.29, 0.717) is 24.9 Å². The molecular weight excluding hydrogens is 859 g/mol. The number of nitrogens with zero attached hydrogens (tertiary/aromatic N) is 2. The average molecular weight is 916 g/mol. The molecule has 0 aliphatic heterocycles. The van der Waals surface area contributed by atoms with Gasteiger partial charge in [-0.2, -0.15) is 0 Å². The van der Waals surface area contributed by atoms with Crippen molar-refractivity contribution in [1.82, 2.24) is 47.5 Å². The Bertz CT molecular complexity index is 1990. The van der Waals surface area contributed by atoms with E-state index in [4.69, 9.17) is 17.2 Å². The van der Waals surface area contributed by atoms with Crippen molar-refractivity contribution in [3.05, 3.63) is 64.0 Å². The maximum Gasteiger partial charge on any atom is 0.310 e. The summed E-state index contributed by atoms with van der Waals surface area (Å²) in [6.07, 6.45) is 3.76. The van der Waals surface area contributed by atoms with Crippen molar-refractivity contribution in [2.75, 3.05) is 39.3 Å². The van der Waals surface area contributed by atoms with Crippen molar-refractivity contribution in [2.45, 2.75) is 82.1 Å². The number of unbranched alkanes of at least 4 members (excludes halogenated alkanes) is 1. The Balaban J connectivity index is 2.27. The predicted octanol–water partition coefficient (Wildman–Crippen LogP) is -5.38. The first kappa shape index (κ1) is 53.8. The van der Waals surface area contributed by atoms with Crippen LogP contribution in [0.3, 0.4) is 0 Å². The Hall–Kier alpha value is -7.32. The molecule has 2 aromatic rings. The molecule has 356 valence electrons. The Labute approximate surface area is 372 Å². The summed E-state index contributed by atoms with van der Waals surface area (Å²) < 4.78 is 0. The summed E-state index contributed by atoms with van der Waals surface area (Å²) in [7, 11) is 0. The number of phenols is 1. The lowest BCUT2D eigenvalue weighted by atomic mass is 10.0. The number of nitrogens with two attached hydrogens (primary N) is 3. The maximum absolute atomic E-state index is 14.0. The number of aliphatic hydroxyl groups excluding tert-OH is 1. The minimum absolute atomic E-state index is 0.0118. The number of primary amides is 1. The van der Waals surface area contributed by atoms with Crippen LogP contribution in [-0.2, 0) is 56.0 Å². The van der Waals surface area contributed by atoms with Gasteiger partial charge in [0, 0.05) is 38.2 Å². The molecule has 0 aliphatic carbocycles. The van der Waals surface area contributed by atoms with Crippen LogP contribution >= 0.6 is 0 Å². The van der Waals surface area contributed by atoms with E-state index in [1.807, 2.05) is 0 Å². The molecule has 1 aromatic carbocycles. The molecule has 9 amide bonds.